The molecule has 0 heterocycles. The molecule has 1 nitrogen and oxygen atoms in total. The number of hydrogen-bond acceptors (Lipinski definition) is 2. The van der Waals surface area contributed by atoms with Crippen LogP contribution >= 0.6 is 11.8 Å². The van der Waals surface area contributed by atoms with Crippen molar-refractivity contribution in [3.63, 3.8) is 0 Å². The predicted molar refractivity (Wildman–Crippen MR) is 90.2 cm³/mol. The molecule has 2 aromatic rings. The first-order valence-electron chi connectivity index (χ1n) is 7.35. The van der Waals surface area contributed by atoms with E-state index in [1.54, 1.807) is 18.9 Å². The largest absolute Gasteiger partial charge is 0.496 e. The van der Waals surface area contributed by atoms with Gasteiger partial charge in [-0.2, -0.15) is 0 Å². The molecule has 0 aliphatic carbocycles. The topological polar surface area (TPSA) is 9.23 Å². The highest BCUT2D eigenvalue weighted by Crippen LogP contribution is 2.33. The van der Waals surface area contributed by atoms with E-state index in [9.17, 15) is 0 Å². The summed E-state index contributed by atoms with van der Waals surface area (Å²) in [6, 6.07) is 11.2. The molecule has 0 saturated carbocycles. The highest BCUT2D eigenvalue weighted by atomic mass is 32.2. The zero-order valence-corrected chi connectivity index (χ0v) is 13.7. The minimum absolute atomic E-state index is 0.628. The fourth-order valence-corrected chi connectivity index (χ4v) is 3.07. The molecule has 2 heteroatoms. The van der Waals surface area contributed by atoms with Gasteiger partial charge in [-0.25, -0.2) is 0 Å². The molecule has 0 bridgehead atoms. The van der Waals surface area contributed by atoms with E-state index in [2.05, 4.69) is 50.4 Å². The van der Waals surface area contributed by atoms with E-state index in [1.165, 1.54) is 40.5 Å². The SMILES string of the molecule is CCCCC(C)c1ccc2c(OC)cc(SC)cc2c1. The summed E-state index contributed by atoms with van der Waals surface area (Å²) in [4.78, 5) is 1.26. The van der Waals surface area contributed by atoms with Crippen molar-refractivity contribution in [1.29, 1.82) is 0 Å². The Morgan fingerprint density at radius 1 is 1.20 bits per heavy atom. The molecule has 0 amide bonds. The van der Waals surface area contributed by atoms with Crippen LogP contribution in [0.5, 0.6) is 5.75 Å². The zero-order chi connectivity index (χ0) is 14.5. The first-order chi connectivity index (χ1) is 9.69. The van der Waals surface area contributed by atoms with E-state index >= 15 is 0 Å². The van der Waals surface area contributed by atoms with Gasteiger partial charge in [-0.3, -0.25) is 0 Å². The number of rotatable bonds is 6. The van der Waals surface area contributed by atoms with Crippen LogP contribution in [0.4, 0.5) is 0 Å². The van der Waals surface area contributed by atoms with Gasteiger partial charge in [0.1, 0.15) is 5.75 Å². The third-order valence-corrected chi connectivity index (χ3v) is 4.63. The van der Waals surface area contributed by atoms with E-state index < -0.39 is 0 Å². The van der Waals surface area contributed by atoms with Crippen molar-refractivity contribution >= 4 is 22.5 Å². The Balaban J connectivity index is 2.42. The van der Waals surface area contributed by atoms with Crippen LogP contribution in [0, 0.1) is 0 Å². The maximum atomic E-state index is 5.52. The van der Waals surface area contributed by atoms with Crippen molar-refractivity contribution < 1.29 is 4.74 Å². The number of unbranched alkanes of at least 4 members (excludes halogenated alkanes) is 1. The van der Waals surface area contributed by atoms with E-state index in [-0.39, 0.29) is 0 Å². The molecular weight excluding hydrogens is 264 g/mol. The second kappa shape index (κ2) is 7.03. The zero-order valence-electron chi connectivity index (χ0n) is 12.9. The van der Waals surface area contributed by atoms with Gasteiger partial charge in [-0.1, -0.05) is 44.9 Å². The Bertz CT molecular complexity index is 577. The molecule has 0 radical (unpaired) electrons. The maximum Gasteiger partial charge on any atom is 0.127 e. The van der Waals surface area contributed by atoms with Crippen LogP contribution in [0.2, 0.25) is 0 Å². The van der Waals surface area contributed by atoms with Crippen LogP contribution in [0.15, 0.2) is 35.2 Å². The van der Waals surface area contributed by atoms with Gasteiger partial charge in [0.25, 0.3) is 0 Å². The minimum atomic E-state index is 0.628. The summed E-state index contributed by atoms with van der Waals surface area (Å²) in [6.45, 7) is 4.58. The Labute approximate surface area is 126 Å². The number of benzene rings is 2. The summed E-state index contributed by atoms with van der Waals surface area (Å²) in [5, 5.41) is 2.49. The number of hydrogen-bond donors (Lipinski definition) is 0. The normalized spacial score (nSPS) is 12.6. The fraction of sp³-hybridized carbons (Fsp3) is 0.444. The van der Waals surface area contributed by atoms with Gasteiger partial charge in [0.05, 0.1) is 7.11 Å². The molecular formula is C18H24OS. The molecule has 0 fully saturated rings. The third-order valence-electron chi connectivity index (χ3n) is 3.93. The van der Waals surface area contributed by atoms with Crippen molar-refractivity contribution in [1.82, 2.24) is 0 Å². The van der Waals surface area contributed by atoms with Crippen LogP contribution in [-0.2, 0) is 0 Å². The second-order valence-corrected chi connectivity index (χ2v) is 6.23. The average molecular weight is 288 g/mol. The molecule has 20 heavy (non-hydrogen) atoms. The number of methoxy groups -OCH3 is 1. The molecule has 108 valence electrons. The highest BCUT2D eigenvalue weighted by molar-refractivity contribution is 7.98. The molecule has 0 N–H and O–H groups in total. The van der Waals surface area contributed by atoms with E-state index in [4.69, 9.17) is 4.74 Å². The van der Waals surface area contributed by atoms with Gasteiger partial charge in [-0.15, -0.1) is 11.8 Å². The first kappa shape index (κ1) is 15.2. The molecule has 1 atom stereocenters. The van der Waals surface area contributed by atoms with Crippen LogP contribution in [0.3, 0.4) is 0 Å². The van der Waals surface area contributed by atoms with Gasteiger partial charge in [0.15, 0.2) is 0 Å². The summed E-state index contributed by atoms with van der Waals surface area (Å²) in [6.07, 6.45) is 5.94. The third kappa shape index (κ3) is 3.29. The molecule has 1 unspecified atom stereocenters. The van der Waals surface area contributed by atoms with Crippen molar-refractivity contribution in [2.45, 2.75) is 43.9 Å². The fourth-order valence-electron chi connectivity index (χ4n) is 2.60. The number of thioether (sulfide) groups is 1. The second-order valence-electron chi connectivity index (χ2n) is 5.35. The Morgan fingerprint density at radius 3 is 2.65 bits per heavy atom. The summed E-state index contributed by atoms with van der Waals surface area (Å²) in [7, 11) is 1.75. The molecule has 2 aromatic carbocycles. The standard InChI is InChI=1S/C18H24OS/c1-5-6-7-13(2)14-8-9-17-15(10-14)11-16(20-4)12-18(17)19-3/h8-13H,5-7H2,1-4H3. The molecule has 0 aromatic heterocycles. The smallest absolute Gasteiger partial charge is 0.127 e. The average Bonchev–Trinajstić information content (AvgIpc) is 2.50. The minimum Gasteiger partial charge on any atom is -0.496 e. The van der Waals surface area contributed by atoms with Crippen molar-refractivity contribution in [3.05, 3.63) is 35.9 Å². The molecule has 0 aliphatic heterocycles. The van der Waals surface area contributed by atoms with Crippen LogP contribution in [0.1, 0.15) is 44.6 Å². The van der Waals surface area contributed by atoms with E-state index in [0.29, 0.717) is 5.92 Å². The lowest BCUT2D eigenvalue weighted by molar-refractivity contribution is 0.419. The highest BCUT2D eigenvalue weighted by Gasteiger charge is 2.09. The Morgan fingerprint density at radius 2 is 2.00 bits per heavy atom. The monoisotopic (exact) mass is 288 g/mol. The summed E-state index contributed by atoms with van der Waals surface area (Å²) < 4.78 is 5.52. The molecule has 0 spiro atoms. The lowest BCUT2D eigenvalue weighted by Gasteiger charge is -2.14. The molecule has 2 rings (SSSR count). The summed E-state index contributed by atoms with van der Waals surface area (Å²) >= 11 is 1.76. The summed E-state index contributed by atoms with van der Waals surface area (Å²) in [5.41, 5.74) is 1.44. The lowest BCUT2D eigenvalue weighted by atomic mass is 9.93. The van der Waals surface area contributed by atoms with E-state index in [0.717, 1.165) is 5.75 Å². The lowest BCUT2D eigenvalue weighted by Crippen LogP contribution is -1.94. The Hall–Kier alpha value is -1.15. The predicted octanol–water partition coefficient (Wildman–Crippen LogP) is 5.86. The van der Waals surface area contributed by atoms with Gasteiger partial charge >= 0.3 is 0 Å². The van der Waals surface area contributed by atoms with Gasteiger partial charge in [-0.05, 0) is 41.7 Å². The van der Waals surface area contributed by atoms with Crippen molar-refractivity contribution in [2.24, 2.45) is 0 Å². The number of ether oxygens (including phenoxy) is 1. The number of fused-ring (bicyclic) bond motifs is 1. The first-order valence-corrected chi connectivity index (χ1v) is 8.57. The van der Waals surface area contributed by atoms with Gasteiger partial charge in [0.2, 0.25) is 0 Å². The Kier molecular flexibility index (Phi) is 5.36. The van der Waals surface area contributed by atoms with Crippen LogP contribution in [0.25, 0.3) is 10.8 Å². The van der Waals surface area contributed by atoms with Gasteiger partial charge < -0.3 is 4.74 Å². The molecule has 0 aliphatic rings. The van der Waals surface area contributed by atoms with Crippen LogP contribution in [-0.4, -0.2) is 13.4 Å². The van der Waals surface area contributed by atoms with Crippen molar-refractivity contribution in [3.8, 4) is 5.75 Å². The molecule has 0 saturated heterocycles. The van der Waals surface area contributed by atoms with Crippen LogP contribution < -0.4 is 4.74 Å². The maximum absolute atomic E-state index is 5.52. The van der Waals surface area contributed by atoms with Gasteiger partial charge in [0, 0.05) is 10.3 Å². The van der Waals surface area contributed by atoms with Crippen molar-refractivity contribution in [2.75, 3.05) is 13.4 Å². The van der Waals surface area contributed by atoms with E-state index in [1.807, 2.05) is 0 Å². The quantitative estimate of drug-likeness (QED) is 0.615. The summed E-state index contributed by atoms with van der Waals surface area (Å²) in [5.74, 6) is 1.60.